The highest BCUT2D eigenvalue weighted by Gasteiger charge is 2.29. The van der Waals surface area contributed by atoms with Crippen LogP contribution in [0.3, 0.4) is 0 Å². The summed E-state index contributed by atoms with van der Waals surface area (Å²) in [7, 11) is -1.57. The molecule has 1 aromatic rings. The van der Waals surface area contributed by atoms with E-state index in [9.17, 15) is 18.5 Å². The van der Waals surface area contributed by atoms with Gasteiger partial charge in [0, 0.05) is 25.3 Å². The first-order valence-electron chi connectivity index (χ1n) is 6.18. The van der Waals surface area contributed by atoms with Crippen LogP contribution in [-0.2, 0) is 16.9 Å². The highest BCUT2D eigenvalue weighted by molar-refractivity contribution is 7.90. The van der Waals surface area contributed by atoms with Gasteiger partial charge in [0.05, 0.1) is 10.7 Å². The lowest BCUT2D eigenvalue weighted by Crippen LogP contribution is -2.26. The van der Waals surface area contributed by atoms with E-state index >= 15 is 0 Å². The van der Waals surface area contributed by atoms with Crippen LogP contribution in [0.4, 0.5) is 11.5 Å². The number of nitrogens with one attached hydrogen (secondary N) is 1. The number of rotatable bonds is 6. The zero-order valence-corrected chi connectivity index (χ0v) is 13.1. The molecule has 1 rings (SSSR count). The van der Waals surface area contributed by atoms with Crippen molar-refractivity contribution in [3.05, 3.63) is 15.8 Å². The van der Waals surface area contributed by atoms with Crippen molar-refractivity contribution >= 4 is 21.3 Å². The lowest BCUT2D eigenvalue weighted by Gasteiger charge is -2.13. The maximum Gasteiger partial charge on any atom is 0.334 e. The SMILES string of the molecule is CC(CS(C)(=O)=O)Nc1c([N+](=O)[O-])c(C(C)C)nn1C. The van der Waals surface area contributed by atoms with Crippen LogP contribution < -0.4 is 5.32 Å². The van der Waals surface area contributed by atoms with Crippen molar-refractivity contribution in [1.82, 2.24) is 9.78 Å². The first-order chi connectivity index (χ1) is 9.03. The number of hydrogen-bond acceptors (Lipinski definition) is 6. The molecule has 0 fully saturated rings. The second kappa shape index (κ2) is 5.78. The van der Waals surface area contributed by atoms with Gasteiger partial charge in [0.25, 0.3) is 0 Å². The number of nitro groups is 1. The Morgan fingerprint density at radius 2 is 1.95 bits per heavy atom. The Kier molecular flexibility index (Phi) is 4.74. The van der Waals surface area contributed by atoms with Crippen LogP contribution in [-0.4, -0.2) is 41.2 Å². The number of sulfone groups is 1. The molecule has 1 N–H and O–H groups in total. The third-order valence-electron chi connectivity index (χ3n) is 2.71. The fraction of sp³-hybridized carbons (Fsp3) is 0.727. The molecule has 1 aromatic heterocycles. The minimum absolute atomic E-state index is 0.0946. The molecular weight excluding hydrogens is 284 g/mol. The van der Waals surface area contributed by atoms with Crippen LogP contribution in [0, 0.1) is 10.1 Å². The predicted octanol–water partition coefficient (Wildman–Crippen LogP) is 1.30. The maximum atomic E-state index is 11.3. The summed E-state index contributed by atoms with van der Waals surface area (Å²) in [6.07, 6.45) is 1.13. The van der Waals surface area contributed by atoms with E-state index in [2.05, 4.69) is 10.4 Å². The Morgan fingerprint density at radius 3 is 2.35 bits per heavy atom. The lowest BCUT2D eigenvalue weighted by atomic mass is 10.1. The Labute approximate surface area is 118 Å². The smallest absolute Gasteiger partial charge is 0.334 e. The monoisotopic (exact) mass is 304 g/mol. The summed E-state index contributed by atoms with van der Waals surface area (Å²) in [5.41, 5.74) is 0.286. The molecule has 1 heterocycles. The van der Waals surface area contributed by atoms with Gasteiger partial charge in [0.15, 0.2) is 0 Å². The van der Waals surface area contributed by atoms with Gasteiger partial charge in [-0.25, -0.2) is 13.1 Å². The van der Waals surface area contributed by atoms with Gasteiger partial charge < -0.3 is 5.32 Å². The first-order valence-corrected chi connectivity index (χ1v) is 8.24. The number of nitrogens with zero attached hydrogens (tertiary/aromatic N) is 3. The number of aryl methyl sites for hydroxylation is 1. The zero-order chi connectivity index (χ0) is 15.7. The van der Waals surface area contributed by atoms with Gasteiger partial charge in [-0.1, -0.05) is 13.8 Å². The molecule has 1 unspecified atom stereocenters. The molecule has 0 aliphatic carbocycles. The number of hydrogen-bond donors (Lipinski definition) is 1. The summed E-state index contributed by atoms with van der Waals surface area (Å²) in [6.45, 7) is 5.30. The number of anilines is 1. The molecule has 114 valence electrons. The standard InChI is InChI=1S/C11H20N4O4S/c1-7(2)9-10(15(16)17)11(14(4)13-9)12-8(3)6-20(5,18)19/h7-8,12H,6H2,1-5H3. The highest BCUT2D eigenvalue weighted by Crippen LogP contribution is 2.33. The van der Waals surface area contributed by atoms with Crippen LogP contribution in [0.15, 0.2) is 0 Å². The predicted molar refractivity (Wildman–Crippen MR) is 76.7 cm³/mol. The summed E-state index contributed by atoms with van der Waals surface area (Å²) in [6, 6.07) is -0.445. The van der Waals surface area contributed by atoms with Crippen LogP contribution in [0.25, 0.3) is 0 Å². The van der Waals surface area contributed by atoms with Crippen LogP contribution >= 0.6 is 0 Å². The Hall–Kier alpha value is -1.64. The molecule has 0 aliphatic heterocycles. The maximum absolute atomic E-state index is 11.3. The molecule has 1 atom stereocenters. The second-order valence-corrected chi connectivity index (χ2v) is 7.44. The molecule has 0 aliphatic rings. The quantitative estimate of drug-likeness (QED) is 0.627. The largest absolute Gasteiger partial charge is 0.361 e. The molecule has 8 nitrogen and oxygen atoms in total. The van der Waals surface area contributed by atoms with E-state index in [1.165, 1.54) is 4.68 Å². The van der Waals surface area contributed by atoms with Crippen molar-refractivity contribution in [2.24, 2.45) is 7.05 Å². The van der Waals surface area contributed by atoms with E-state index in [4.69, 9.17) is 0 Å². The van der Waals surface area contributed by atoms with E-state index in [1.807, 2.05) is 13.8 Å². The average molecular weight is 304 g/mol. The summed E-state index contributed by atoms with van der Waals surface area (Å²) in [5, 5.41) is 18.2. The van der Waals surface area contributed by atoms with Gasteiger partial charge in [-0.3, -0.25) is 10.1 Å². The molecule has 0 radical (unpaired) electrons. The van der Waals surface area contributed by atoms with Gasteiger partial charge >= 0.3 is 5.69 Å². The Balaban J connectivity index is 3.15. The topological polar surface area (TPSA) is 107 Å². The van der Waals surface area contributed by atoms with Gasteiger partial charge in [-0.2, -0.15) is 5.10 Å². The minimum atomic E-state index is -3.16. The summed E-state index contributed by atoms with van der Waals surface area (Å²) >= 11 is 0. The van der Waals surface area contributed by atoms with Gasteiger partial charge in [-0.15, -0.1) is 0 Å². The van der Waals surface area contributed by atoms with Crippen molar-refractivity contribution in [2.75, 3.05) is 17.3 Å². The third kappa shape index (κ3) is 3.92. The van der Waals surface area contributed by atoms with Crippen molar-refractivity contribution in [1.29, 1.82) is 0 Å². The minimum Gasteiger partial charge on any atom is -0.361 e. The van der Waals surface area contributed by atoms with Gasteiger partial charge in [0.2, 0.25) is 5.82 Å². The fourth-order valence-corrected chi connectivity index (χ4v) is 2.98. The number of aromatic nitrogens is 2. The molecule has 20 heavy (non-hydrogen) atoms. The van der Waals surface area contributed by atoms with Gasteiger partial charge in [0.1, 0.15) is 15.5 Å². The van der Waals surface area contributed by atoms with Crippen LogP contribution in [0.5, 0.6) is 0 Å². The molecule has 0 saturated carbocycles. The summed E-state index contributed by atoms with van der Waals surface area (Å²) in [5.74, 6) is 0.0315. The molecule has 0 spiro atoms. The lowest BCUT2D eigenvalue weighted by molar-refractivity contribution is -0.384. The summed E-state index contributed by atoms with van der Waals surface area (Å²) < 4.78 is 23.9. The normalized spacial score (nSPS) is 13.5. The first kappa shape index (κ1) is 16.4. The Bertz CT molecular complexity index is 606. The summed E-state index contributed by atoms with van der Waals surface area (Å²) in [4.78, 5) is 10.7. The molecule has 0 aromatic carbocycles. The van der Waals surface area contributed by atoms with E-state index < -0.39 is 20.8 Å². The Morgan fingerprint density at radius 1 is 1.40 bits per heavy atom. The molecule has 0 amide bonds. The molecule has 9 heteroatoms. The van der Waals surface area contributed by atoms with E-state index in [1.54, 1.807) is 14.0 Å². The van der Waals surface area contributed by atoms with E-state index in [0.717, 1.165) is 6.26 Å². The highest BCUT2D eigenvalue weighted by atomic mass is 32.2. The average Bonchev–Trinajstić information content (AvgIpc) is 2.53. The van der Waals surface area contributed by atoms with E-state index in [0.29, 0.717) is 5.69 Å². The van der Waals surface area contributed by atoms with Crippen molar-refractivity contribution in [3.8, 4) is 0 Å². The molecule has 0 saturated heterocycles. The fourth-order valence-electron chi connectivity index (χ4n) is 1.99. The molecular formula is C11H20N4O4S. The second-order valence-electron chi connectivity index (χ2n) is 5.26. The van der Waals surface area contributed by atoms with E-state index in [-0.39, 0.29) is 23.2 Å². The zero-order valence-electron chi connectivity index (χ0n) is 12.2. The van der Waals surface area contributed by atoms with Crippen molar-refractivity contribution in [2.45, 2.75) is 32.7 Å². The van der Waals surface area contributed by atoms with Crippen molar-refractivity contribution < 1.29 is 13.3 Å². The third-order valence-corrected chi connectivity index (χ3v) is 3.82. The van der Waals surface area contributed by atoms with Gasteiger partial charge in [-0.05, 0) is 6.92 Å². The van der Waals surface area contributed by atoms with Crippen LogP contribution in [0.1, 0.15) is 32.4 Å². The van der Waals surface area contributed by atoms with Crippen LogP contribution in [0.2, 0.25) is 0 Å². The molecule has 0 bridgehead atoms. The van der Waals surface area contributed by atoms with Crippen molar-refractivity contribution in [3.63, 3.8) is 0 Å².